The number of hydrogen-bond donors (Lipinski definition) is 1. The summed E-state index contributed by atoms with van der Waals surface area (Å²) in [5.41, 5.74) is 6.76. The topological polar surface area (TPSA) is 52.3 Å². The van der Waals surface area contributed by atoms with Crippen molar-refractivity contribution in [3.05, 3.63) is 29.8 Å². The Morgan fingerprint density at radius 1 is 1.33 bits per heavy atom. The molecule has 1 aliphatic rings. The summed E-state index contributed by atoms with van der Waals surface area (Å²) >= 11 is 0. The molecule has 3 nitrogen and oxygen atoms in total. The van der Waals surface area contributed by atoms with Crippen molar-refractivity contribution in [2.24, 2.45) is 5.92 Å². The fourth-order valence-electron chi connectivity index (χ4n) is 1.56. The van der Waals surface area contributed by atoms with E-state index in [4.69, 9.17) is 10.5 Å². The Labute approximate surface area is 89.2 Å². The average molecular weight is 205 g/mol. The van der Waals surface area contributed by atoms with Gasteiger partial charge in [0.15, 0.2) is 0 Å². The van der Waals surface area contributed by atoms with E-state index in [1.165, 1.54) is 19.3 Å². The van der Waals surface area contributed by atoms with Gasteiger partial charge in [-0.05, 0) is 43.0 Å². The lowest BCUT2D eigenvalue weighted by atomic mass is 9.86. The van der Waals surface area contributed by atoms with E-state index in [-0.39, 0.29) is 5.97 Å². The number of rotatable bonds is 3. The highest BCUT2D eigenvalue weighted by atomic mass is 16.5. The van der Waals surface area contributed by atoms with Crippen molar-refractivity contribution >= 4 is 11.7 Å². The zero-order valence-corrected chi connectivity index (χ0v) is 8.61. The molecule has 0 heterocycles. The van der Waals surface area contributed by atoms with E-state index in [2.05, 4.69) is 0 Å². The van der Waals surface area contributed by atoms with Crippen LogP contribution in [0.1, 0.15) is 29.6 Å². The van der Waals surface area contributed by atoms with E-state index in [0.717, 1.165) is 0 Å². The van der Waals surface area contributed by atoms with Gasteiger partial charge in [0.25, 0.3) is 0 Å². The van der Waals surface area contributed by atoms with Gasteiger partial charge in [-0.2, -0.15) is 0 Å². The van der Waals surface area contributed by atoms with Crippen LogP contribution in [0, 0.1) is 5.92 Å². The molecule has 0 aromatic heterocycles. The van der Waals surface area contributed by atoms with Crippen molar-refractivity contribution in [1.82, 2.24) is 0 Å². The minimum Gasteiger partial charge on any atom is -0.462 e. The monoisotopic (exact) mass is 205 g/mol. The predicted molar refractivity (Wildman–Crippen MR) is 58.5 cm³/mol. The van der Waals surface area contributed by atoms with Crippen molar-refractivity contribution in [2.75, 3.05) is 12.3 Å². The normalized spacial score (nSPS) is 15.7. The quantitative estimate of drug-likeness (QED) is 0.608. The lowest BCUT2D eigenvalue weighted by Crippen LogP contribution is -2.20. The summed E-state index contributed by atoms with van der Waals surface area (Å²) in [6, 6.07) is 6.80. The summed E-state index contributed by atoms with van der Waals surface area (Å²) in [5, 5.41) is 0. The third-order valence-corrected chi connectivity index (χ3v) is 2.82. The Morgan fingerprint density at radius 2 is 2.00 bits per heavy atom. The van der Waals surface area contributed by atoms with Gasteiger partial charge in [-0.15, -0.1) is 0 Å². The van der Waals surface area contributed by atoms with Crippen molar-refractivity contribution in [2.45, 2.75) is 19.3 Å². The molecule has 0 amide bonds. The first kappa shape index (κ1) is 10.0. The molecule has 3 heteroatoms. The van der Waals surface area contributed by atoms with Crippen molar-refractivity contribution in [3.8, 4) is 0 Å². The first-order valence-corrected chi connectivity index (χ1v) is 5.28. The Kier molecular flexibility index (Phi) is 2.90. The highest BCUT2D eigenvalue weighted by molar-refractivity contribution is 5.89. The Balaban J connectivity index is 1.86. The van der Waals surface area contributed by atoms with E-state index >= 15 is 0 Å². The largest absolute Gasteiger partial charge is 0.462 e. The molecule has 1 aromatic rings. The second-order valence-electron chi connectivity index (χ2n) is 4.02. The molecule has 0 radical (unpaired) electrons. The van der Waals surface area contributed by atoms with Gasteiger partial charge in [-0.1, -0.05) is 6.42 Å². The fourth-order valence-corrected chi connectivity index (χ4v) is 1.56. The van der Waals surface area contributed by atoms with Crippen LogP contribution in [0.4, 0.5) is 5.69 Å². The molecule has 0 bridgehead atoms. The maximum Gasteiger partial charge on any atom is 0.338 e. The average Bonchev–Trinajstić information content (AvgIpc) is 2.16. The van der Waals surface area contributed by atoms with Crippen LogP contribution in [0.15, 0.2) is 24.3 Å². The summed E-state index contributed by atoms with van der Waals surface area (Å²) in [4.78, 5) is 11.5. The maximum absolute atomic E-state index is 11.5. The Hall–Kier alpha value is -1.51. The van der Waals surface area contributed by atoms with Crippen LogP contribution in [0.2, 0.25) is 0 Å². The van der Waals surface area contributed by atoms with Gasteiger partial charge in [0, 0.05) is 5.69 Å². The van der Waals surface area contributed by atoms with Crippen LogP contribution < -0.4 is 5.73 Å². The van der Waals surface area contributed by atoms with Crippen molar-refractivity contribution < 1.29 is 9.53 Å². The number of anilines is 1. The lowest BCUT2D eigenvalue weighted by molar-refractivity contribution is 0.0371. The molecule has 15 heavy (non-hydrogen) atoms. The number of ether oxygens (including phenoxy) is 1. The fraction of sp³-hybridized carbons (Fsp3) is 0.417. The third-order valence-electron chi connectivity index (χ3n) is 2.82. The Morgan fingerprint density at radius 3 is 2.53 bits per heavy atom. The molecule has 1 aromatic carbocycles. The van der Waals surface area contributed by atoms with E-state index < -0.39 is 0 Å². The van der Waals surface area contributed by atoms with Crippen LogP contribution in [-0.4, -0.2) is 12.6 Å². The van der Waals surface area contributed by atoms with Gasteiger partial charge >= 0.3 is 5.97 Å². The third kappa shape index (κ3) is 2.49. The minimum absolute atomic E-state index is 0.248. The van der Waals surface area contributed by atoms with Crippen LogP contribution in [0.25, 0.3) is 0 Å². The molecule has 0 atom stereocenters. The van der Waals surface area contributed by atoms with Gasteiger partial charge < -0.3 is 10.5 Å². The minimum atomic E-state index is -0.248. The number of benzene rings is 1. The molecule has 0 aliphatic heterocycles. The van der Waals surface area contributed by atoms with Crippen LogP contribution in [0.5, 0.6) is 0 Å². The summed E-state index contributed by atoms with van der Waals surface area (Å²) in [5.74, 6) is 0.338. The molecular formula is C12H15NO2. The summed E-state index contributed by atoms with van der Waals surface area (Å²) in [7, 11) is 0. The highest BCUT2D eigenvalue weighted by Gasteiger charge is 2.19. The number of carbonyl (C=O) groups is 1. The predicted octanol–water partition coefficient (Wildman–Crippen LogP) is 2.23. The van der Waals surface area contributed by atoms with E-state index in [0.29, 0.717) is 23.8 Å². The highest BCUT2D eigenvalue weighted by Crippen LogP contribution is 2.26. The first-order valence-electron chi connectivity index (χ1n) is 5.28. The first-order chi connectivity index (χ1) is 7.25. The van der Waals surface area contributed by atoms with Gasteiger partial charge in [-0.25, -0.2) is 4.79 Å². The molecule has 1 saturated carbocycles. The number of nitrogens with two attached hydrogens (primary N) is 1. The molecule has 1 fully saturated rings. The van der Waals surface area contributed by atoms with Crippen LogP contribution in [-0.2, 0) is 4.74 Å². The SMILES string of the molecule is Nc1ccc(C(=O)OCC2CCC2)cc1. The zero-order chi connectivity index (χ0) is 10.7. The molecule has 1 aliphatic carbocycles. The summed E-state index contributed by atoms with van der Waals surface area (Å²) in [6.07, 6.45) is 3.65. The molecule has 0 saturated heterocycles. The van der Waals surface area contributed by atoms with Gasteiger partial charge in [0.05, 0.1) is 12.2 Å². The van der Waals surface area contributed by atoms with E-state index in [1.807, 2.05) is 0 Å². The number of esters is 1. The molecule has 0 unspecified atom stereocenters. The van der Waals surface area contributed by atoms with Crippen LogP contribution >= 0.6 is 0 Å². The summed E-state index contributed by atoms with van der Waals surface area (Å²) < 4.78 is 5.19. The van der Waals surface area contributed by atoms with E-state index in [9.17, 15) is 4.79 Å². The van der Waals surface area contributed by atoms with Crippen molar-refractivity contribution in [1.29, 1.82) is 0 Å². The zero-order valence-electron chi connectivity index (χ0n) is 8.61. The smallest absolute Gasteiger partial charge is 0.338 e. The molecular weight excluding hydrogens is 190 g/mol. The summed E-state index contributed by atoms with van der Waals surface area (Å²) in [6.45, 7) is 0.559. The number of nitrogen functional groups attached to an aromatic ring is 1. The number of hydrogen-bond acceptors (Lipinski definition) is 3. The van der Waals surface area contributed by atoms with Gasteiger partial charge in [0.1, 0.15) is 0 Å². The van der Waals surface area contributed by atoms with Gasteiger partial charge in [0.2, 0.25) is 0 Å². The van der Waals surface area contributed by atoms with Crippen LogP contribution in [0.3, 0.4) is 0 Å². The second kappa shape index (κ2) is 4.34. The maximum atomic E-state index is 11.5. The van der Waals surface area contributed by atoms with Crippen molar-refractivity contribution in [3.63, 3.8) is 0 Å². The number of carbonyl (C=O) groups excluding carboxylic acids is 1. The standard InChI is InChI=1S/C12H15NO2/c13-11-6-4-10(5-7-11)12(14)15-8-9-2-1-3-9/h4-7,9H,1-3,8,13H2. The molecule has 80 valence electrons. The second-order valence-corrected chi connectivity index (χ2v) is 4.02. The Bertz CT molecular complexity index is 341. The van der Waals surface area contributed by atoms with Gasteiger partial charge in [-0.3, -0.25) is 0 Å². The molecule has 2 N–H and O–H groups in total. The molecule has 0 spiro atoms. The van der Waals surface area contributed by atoms with E-state index in [1.54, 1.807) is 24.3 Å². The lowest BCUT2D eigenvalue weighted by Gasteiger charge is -2.24. The molecule has 2 rings (SSSR count).